The molecular weight excluding hydrogens is 213 g/mol. The van der Waals surface area contributed by atoms with Gasteiger partial charge in [-0.05, 0) is 24.1 Å². The molecule has 0 radical (unpaired) electrons. The number of rotatable bonds is 4. The van der Waals surface area contributed by atoms with Crippen molar-refractivity contribution in [1.29, 1.82) is 0 Å². The van der Waals surface area contributed by atoms with Gasteiger partial charge in [-0.15, -0.1) is 0 Å². The van der Waals surface area contributed by atoms with Gasteiger partial charge in [0.15, 0.2) is 0 Å². The standard InChI is InChI=1S/C11H12FNO3/c12-8-3-1-2-7(4-8)5-9(10-6-16-10)13-11(14)15/h1-4,9-10,13H,5-6H2,(H,14,15)/t9-,10?/m0/s1. The lowest BCUT2D eigenvalue weighted by Crippen LogP contribution is -2.39. The minimum absolute atomic E-state index is 0.0839. The first-order valence-corrected chi connectivity index (χ1v) is 5.00. The van der Waals surface area contributed by atoms with E-state index >= 15 is 0 Å². The highest BCUT2D eigenvalue weighted by Crippen LogP contribution is 2.18. The Labute approximate surface area is 92.0 Å². The van der Waals surface area contributed by atoms with Crippen molar-refractivity contribution < 1.29 is 19.0 Å². The number of halogens is 1. The molecule has 2 atom stereocenters. The maximum Gasteiger partial charge on any atom is 0.404 e. The van der Waals surface area contributed by atoms with Gasteiger partial charge in [-0.2, -0.15) is 0 Å². The quantitative estimate of drug-likeness (QED) is 0.761. The molecule has 1 heterocycles. The van der Waals surface area contributed by atoms with E-state index in [1.807, 2.05) is 0 Å². The zero-order valence-electron chi connectivity index (χ0n) is 8.52. The zero-order chi connectivity index (χ0) is 11.5. The van der Waals surface area contributed by atoms with Crippen molar-refractivity contribution in [1.82, 2.24) is 5.32 Å². The molecule has 1 aromatic carbocycles. The van der Waals surface area contributed by atoms with Crippen LogP contribution in [-0.4, -0.2) is 30.0 Å². The first-order valence-electron chi connectivity index (χ1n) is 5.00. The molecule has 1 amide bonds. The molecule has 1 saturated heterocycles. The molecule has 4 nitrogen and oxygen atoms in total. The minimum atomic E-state index is -1.09. The third-order valence-corrected chi connectivity index (χ3v) is 2.46. The molecular formula is C11H12FNO3. The van der Waals surface area contributed by atoms with Crippen LogP contribution in [0.1, 0.15) is 5.56 Å². The Balaban J connectivity index is 2.02. The minimum Gasteiger partial charge on any atom is -0.465 e. The smallest absolute Gasteiger partial charge is 0.404 e. The topological polar surface area (TPSA) is 61.9 Å². The fourth-order valence-electron chi connectivity index (χ4n) is 1.64. The Morgan fingerprint density at radius 1 is 1.69 bits per heavy atom. The van der Waals surface area contributed by atoms with E-state index < -0.39 is 6.09 Å². The molecule has 1 aromatic rings. The van der Waals surface area contributed by atoms with Gasteiger partial charge < -0.3 is 15.2 Å². The van der Waals surface area contributed by atoms with Crippen LogP contribution in [0.25, 0.3) is 0 Å². The van der Waals surface area contributed by atoms with E-state index in [2.05, 4.69) is 5.32 Å². The average molecular weight is 225 g/mol. The number of carboxylic acid groups (broad SMARTS) is 1. The lowest BCUT2D eigenvalue weighted by Gasteiger charge is -2.14. The fourth-order valence-corrected chi connectivity index (χ4v) is 1.64. The lowest BCUT2D eigenvalue weighted by molar-refractivity contribution is 0.186. The van der Waals surface area contributed by atoms with Crippen LogP contribution in [0, 0.1) is 5.82 Å². The number of epoxide rings is 1. The maximum atomic E-state index is 12.9. The number of amides is 1. The van der Waals surface area contributed by atoms with Crippen molar-refractivity contribution >= 4 is 6.09 Å². The normalized spacial score (nSPS) is 20.2. The monoisotopic (exact) mass is 225 g/mol. The molecule has 2 N–H and O–H groups in total. The van der Waals surface area contributed by atoms with Crippen LogP contribution in [0.2, 0.25) is 0 Å². The number of ether oxygens (including phenoxy) is 1. The summed E-state index contributed by atoms with van der Waals surface area (Å²) in [5.74, 6) is -0.316. The molecule has 1 fully saturated rings. The van der Waals surface area contributed by atoms with Gasteiger partial charge in [0, 0.05) is 0 Å². The van der Waals surface area contributed by atoms with Crippen LogP contribution >= 0.6 is 0 Å². The van der Waals surface area contributed by atoms with Crippen molar-refractivity contribution in [2.45, 2.75) is 18.6 Å². The van der Waals surface area contributed by atoms with Crippen LogP contribution in [-0.2, 0) is 11.2 Å². The van der Waals surface area contributed by atoms with E-state index in [-0.39, 0.29) is 18.0 Å². The number of nitrogens with one attached hydrogen (secondary N) is 1. The highest BCUT2D eigenvalue weighted by molar-refractivity contribution is 5.65. The summed E-state index contributed by atoms with van der Waals surface area (Å²) >= 11 is 0. The van der Waals surface area contributed by atoms with Gasteiger partial charge in [-0.1, -0.05) is 12.1 Å². The van der Waals surface area contributed by atoms with Gasteiger partial charge in [0.25, 0.3) is 0 Å². The Hall–Kier alpha value is -1.62. The molecule has 86 valence electrons. The molecule has 0 aliphatic carbocycles. The van der Waals surface area contributed by atoms with Gasteiger partial charge in [-0.3, -0.25) is 0 Å². The molecule has 0 aromatic heterocycles. The van der Waals surface area contributed by atoms with Crippen LogP contribution in [0.3, 0.4) is 0 Å². The summed E-state index contributed by atoms with van der Waals surface area (Å²) in [6.45, 7) is 0.556. The molecule has 0 bridgehead atoms. The molecule has 0 saturated carbocycles. The first-order chi connectivity index (χ1) is 7.65. The molecule has 1 aliphatic rings. The molecule has 16 heavy (non-hydrogen) atoms. The summed E-state index contributed by atoms with van der Waals surface area (Å²) in [5, 5.41) is 11.0. The van der Waals surface area contributed by atoms with Crippen molar-refractivity contribution in [3.05, 3.63) is 35.6 Å². The van der Waals surface area contributed by atoms with Crippen LogP contribution in [0.5, 0.6) is 0 Å². The number of hydrogen-bond donors (Lipinski definition) is 2. The Bertz CT molecular complexity index is 393. The molecule has 1 aliphatic heterocycles. The summed E-state index contributed by atoms with van der Waals surface area (Å²) in [5.41, 5.74) is 0.759. The zero-order valence-corrected chi connectivity index (χ0v) is 8.52. The second-order valence-electron chi connectivity index (χ2n) is 3.76. The van der Waals surface area contributed by atoms with E-state index in [0.29, 0.717) is 13.0 Å². The molecule has 0 spiro atoms. The van der Waals surface area contributed by atoms with Crippen molar-refractivity contribution in [2.24, 2.45) is 0 Å². The summed E-state index contributed by atoms with van der Waals surface area (Å²) in [6, 6.07) is 5.83. The van der Waals surface area contributed by atoms with E-state index in [4.69, 9.17) is 9.84 Å². The molecule has 1 unspecified atom stereocenters. The van der Waals surface area contributed by atoms with Crippen LogP contribution in [0.4, 0.5) is 9.18 Å². The predicted octanol–water partition coefficient (Wildman–Crippen LogP) is 1.40. The fraction of sp³-hybridized carbons (Fsp3) is 0.364. The van der Waals surface area contributed by atoms with Gasteiger partial charge in [0.05, 0.1) is 12.6 Å². The van der Waals surface area contributed by atoms with E-state index in [1.54, 1.807) is 12.1 Å². The third kappa shape index (κ3) is 2.93. The summed E-state index contributed by atoms with van der Waals surface area (Å²) < 4.78 is 18.0. The van der Waals surface area contributed by atoms with E-state index in [1.165, 1.54) is 12.1 Å². The second-order valence-corrected chi connectivity index (χ2v) is 3.76. The van der Waals surface area contributed by atoms with Gasteiger partial charge in [0.2, 0.25) is 0 Å². The molecule has 5 heteroatoms. The van der Waals surface area contributed by atoms with Gasteiger partial charge in [0.1, 0.15) is 11.9 Å². The number of carbonyl (C=O) groups is 1. The highest BCUT2D eigenvalue weighted by Gasteiger charge is 2.33. The van der Waals surface area contributed by atoms with Crippen molar-refractivity contribution in [3.63, 3.8) is 0 Å². The summed E-state index contributed by atoms with van der Waals surface area (Å²) in [4.78, 5) is 10.6. The van der Waals surface area contributed by atoms with Crippen molar-refractivity contribution in [3.8, 4) is 0 Å². The molecule has 2 rings (SSSR count). The number of hydrogen-bond acceptors (Lipinski definition) is 2. The Morgan fingerprint density at radius 2 is 2.44 bits per heavy atom. The van der Waals surface area contributed by atoms with Crippen LogP contribution < -0.4 is 5.32 Å². The van der Waals surface area contributed by atoms with Crippen molar-refractivity contribution in [2.75, 3.05) is 6.61 Å². The van der Waals surface area contributed by atoms with Gasteiger partial charge in [-0.25, -0.2) is 9.18 Å². The SMILES string of the molecule is O=C(O)N[C@@H](Cc1cccc(F)c1)C1CO1. The average Bonchev–Trinajstić information content (AvgIpc) is 2.99. The second kappa shape index (κ2) is 4.49. The van der Waals surface area contributed by atoms with E-state index in [0.717, 1.165) is 5.56 Å². The lowest BCUT2D eigenvalue weighted by atomic mass is 10.0. The van der Waals surface area contributed by atoms with E-state index in [9.17, 15) is 9.18 Å². The first kappa shape index (κ1) is 10.9. The Kier molecular flexibility index (Phi) is 3.05. The number of benzene rings is 1. The largest absolute Gasteiger partial charge is 0.465 e. The maximum absolute atomic E-state index is 12.9. The Morgan fingerprint density at radius 3 is 3.00 bits per heavy atom. The summed E-state index contributed by atoms with van der Waals surface area (Å²) in [6.07, 6.45) is -0.731. The predicted molar refractivity (Wildman–Crippen MR) is 54.8 cm³/mol. The third-order valence-electron chi connectivity index (χ3n) is 2.46. The highest BCUT2D eigenvalue weighted by atomic mass is 19.1. The van der Waals surface area contributed by atoms with Crippen LogP contribution in [0.15, 0.2) is 24.3 Å². The van der Waals surface area contributed by atoms with Gasteiger partial charge >= 0.3 is 6.09 Å². The summed E-state index contributed by atoms with van der Waals surface area (Å²) in [7, 11) is 0.